The van der Waals surface area contributed by atoms with Gasteiger partial charge in [-0.2, -0.15) is 0 Å². The standard InChI is InChI=1S/C21H21N3O3/c22-18(11-13-5-7-14(25)8-6-13)21(27)24-10-9-16-15-3-1-2-4-17(15)20(26)23-19(16)12-24/h1-8,18,25H,9-12,22H2,(H,23,26)/t18-/m1/s1. The SMILES string of the molecule is N[C@H](Cc1ccc(O)cc1)C(=O)N1CCc2c([nH]c(=O)c3ccccc23)C1. The molecule has 1 aliphatic rings. The van der Waals surface area contributed by atoms with Gasteiger partial charge in [-0.1, -0.05) is 30.3 Å². The number of pyridine rings is 1. The van der Waals surface area contributed by atoms with Crippen molar-refractivity contribution in [3.05, 3.63) is 75.7 Å². The first kappa shape index (κ1) is 17.3. The predicted octanol–water partition coefficient (Wildman–Crippen LogP) is 1.69. The van der Waals surface area contributed by atoms with Crippen LogP contribution in [0.1, 0.15) is 16.8 Å². The average molecular weight is 363 g/mol. The van der Waals surface area contributed by atoms with E-state index in [4.69, 9.17) is 5.73 Å². The van der Waals surface area contributed by atoms with Crippen LogP contribution in [-0.2, 0) is 24.2 Å². The molecule has 3 aromatic rings. The highest BCUT2D eigenvalue weighted by atomic mass is 16.3. The van der Waals surface area contributed by atoms with Crippen LogP contribution in [0.4, 0.5) is 0 Å². The maximum absolute atomic E-state index is 12.8. The lowest BCUT2D eigenvalue weighted by molar-refractivity contribution is -0.133. The van der Waals surface area contributed by atoms with E-state index in [1.54, 1.807) is 29.2 Å². The molecule has 0 aliphatic carbocycles. The summed E-state index contributed by atoms with van der Waals surface area (Å²) < 4.78 is 0. The van der Waals surface area contributed by atoms with Gasteiger partial charge in [0.2, 0.25) is 5.91 Å². The van der Waals surface area contributed by atoms with Crippen molar-refractivity contribution >= 4 is 16.7 Å². The van der Waals surface area contributed by atoms with Gasteiger partial charge < -0.3 is 20.7 Å². The van der Waals surface area contributed by atoms with Crippen molar-refractivity contribution in [2.75, 3.05) is 6.54 Å². The molecule has 138 valence electrons. The van der Waals surface area contributed by atoms with Crippen LogP contribution < -0.4 is 11.3 Å². The zero-order chi connectivity index (χ0) is 19.0. The fourth-order valence-corrected chi connectivity index (χ4v) is 3.72. The first-order valence-electron chi connectivity index (χ1n) is 8.98. The van der Waals surface area contributed by atoms with E-state index in [-0.39, 0.29) is 17.2 Å². The average Bonchev–Trinajstić information content (AvgIpc) is 2.69. The Balaban J connectivity index is 1.54. The van der Waals surface area contributed by atoms with Crippen molar-refractivity contribution in [3.63, 3.8) is 0 Å². The molecule has 1 amide bonds. The fourth-order valence-electron chi connectivity index (χ4n) is 3.72. The van der Waals surface area contributed by atoms with E-state index in [0.29, 0.717) is 31.3 Å². The lowest BCUT2D eigenvalue weighted by Crippen LogP contribution is -2.47. The van der Waals surface area contributed by atoms with Gasteiger partial charge in [0.1, 0.15) is 5.75 Å². The van der Waals surface area contributed by atoms with Gasteiger partial charge in [-0.25, -0.2) is 0 Å². The predicted molar refractivity (Wildman–Crippen MR) is 103 cm³/mol. The zero-order valence-corrected chi connectivity index (χ0v) is 14.8. The number of H-pyrrole nitrogens is 1. The Morgan fingerprint density at radius 2 is 1.85 bits per heavy atom. The van der Waals surface area contributed by atoms with E-state index in [0.717, 1.165) is 22.2 Å². The highest BCUT2D eigenvalue weighted by molar-refractivity contribution is 5.87. The van der Waals surface area contributed by atoms with Crippen molar-refractivity contribution < 1.29 is 9.90 Å². The van der Waals surface area contributed by atoms with Gasteiger partial charge >= 0.3 is 0 Å². The molecule has 27 heavy (non-hydrogen) atoms. The van der Waals surface area contributed by atoms with Crippen molar-refractivity contribution in [2.45, 2.75) is 25.4 Å². The van der Waals surface area contributed by atoms with Crippen molar-refractivity contribution in [2.24, 2.45) is 5.73 Å². The Morgan fingerprint density at radius 3 is 2.59 bits per heavy atom. The number of rotatable bonds is 3. The van der Waals surface area contributed by atoms with Gasteiger partial charge in [0.25, 0.3) is 5.56 Å². The summed E-state index contributed by atoms with van der Waals surface area (Å²) in [5.41, 5.74) is 8.78. The summed E-state index contributed by atoms with van der Waals surface area (Å²) >= 11 is 0. The van der Waals surface area contributed by atoms with E-state index < -0.39 is 6.04 Å². The number of phenols is 1. The monoisotopic (exact) mass is 363 g/mol. The van der Waals surface area contributed by atoms with Gasteiger partial charge in [0, 0.05) is 17.6 Å². The fraction of sp³-hybridized carbons (Fsp3) is 0.238. The number of fused-ring (bicyclic) bond motifs is 3. The Labute approximate surface area is 156 Å². The number of nitrogens with one attached hydrogen (secondary N) is 1. The number of carbonyl (C=O) groups is 1. The minimum Gasteiger partial charge on any atom is -0.508 e. The second-order valence-electron chi connectivity index (χ2n) is 6.94. The number of aromatic nitrogens is 1. The maximum atomic E-state index is 12.8. The molecule has 0 radical (unpaired) electrons. The van der Waals surface area contributed by atoms with Crippen molar-refractivity contribution in [1.82, 2.24) is 9.88 Å². The highest BCUT2D eigenvalue weighted by Gasteiger charge is 2.27. The molecule has 0 saturated carbocycles. The van der Waals surface area contributed by atoms with Crippen LogP contribution in [0.25, 0.3) is 10.8 Å². The normalized spacial score (nSPS) is 14.8. The number of aromatic amines is 1. The number of hydrogen-bond acceptors (Lipinski definition) is 4. The van der Waals surface area contributed by atoms with E-state index in [9.17, 15) is 14.7 Å². The molecule has 1 aromatic heterocycles. The second-order valence-corrected chi connectivity index (χ2v) is 6.94. The smallest absolute Gasteiger partial charge is 0.256 e. The summed E-state index contributed by atoms with van der Waals surface area (Å²) in [6.07, 6.45) is 1.08. The number of benzene rings is 2. The van der Waals surface area contributed by atoms with Gasteiger partial charge in [0.15, 0.2) is 0 Å². The molecule has 2 heterocycles. The van der Waals surface area contributed by atoms with E-state index in [1.807, 2.05) is 24.3 Å². The second kappa shape index (κ2) is 6.89. The van der Waals surface area contributed by atoms with Crippen LogP contribution >= 0.6 is 0 Å². The molecule has 0 bridgehead atoms. The summed E-state index contributed by atoms with van der Waals surface area (Å²) in [6, 6.07) is 13.6. The van der Waals surface area contributed by atoms with E-state index in [2.05, 4.69) is 4.98 Å². The molecule has 2 aromatic carbocycles. The third-order valence-corrected chi connectivity index (χ3v) is 5.13. The molecule has 1 atom stereocenters. The molecule has 0 fully saturated rings. The van der Waals surface area contributed by atoms with Crippen LogP contribution in [0, 0.1) is 0 Å². The summed E-state index contributed by atoms with van der Waals surface area (Å²) in [4.78, 5) is 29.8. The first-order valence-corrected chi connectivity index (χ1v) is 8.98. The molecular weight excluding hydrogens is 342 g/mol. The number of hydrogen-bond donors (Lipinski definition) is 3. The summed E-state index contributed by atoms with van der Waals surface area (Å²) in [5.74, 6) is 0.0465. The maximum Gasteiger partial charge on any atom is 0.256 e. The van der Waals surface area contributed by atoms with Crippen molar-refractivity contribution in [1.29, 1.82) is 0 Å². The molecular formula is C21H21N3O3. The lowest BCUT2D eigenvalue weighted by Gasteiger charge is -2.31. The lowest BCUT2D eigenvalue weighted by atomic mass is 9.97. The van der Waals surface area contributed by atoms with Crippen LogP contribution in [0.15, 0.2) is 53.3 Å². The molecule has 0 spiro atoms. The minimum absolute atomic E-state index is 0.132. The summed E-state index contributed by atoms with van der Waals surface area (Å²) in [5, 5.41) is 11.0. The summed E-state index contributed by atoms with van der Waals surface area (Å²) in [7, 11) is 0. The van der Waals surface area contributed by atoms with Gasteiger partial charge in [-0.05, 0) is 47.6 Å². The molecule has 4 rings (SSSR count). The summed E-state index contributed by atoms with van der Waals surface area (Å²) in [6.45, 7) is 0.933. The van der Waals surface area contributed by atoms with E-state index in [1.165, 1.54) is 0 Å². The Bertz CT molecular complexity index is 1060. The number of phenolic OH excluding ortho intramolecular Hbond substituents is 1. The van der Waals surface area contributed by atoms with Gasteiger partial charge in [-0.3, -0.25) is 9.59 Å². The van der Waals surface area contributed by atoms with Crippen LogP contribution in [-0.4, -0.2) is 33.5 Å². The minimum atomic E-state index is -0.664. The van der Waals surface area contributed by atoms with Crippen molar-refractivity contribution in [3.8, 4) is 5.75 Å². The first-order chi connectivity index (χ1) is 13.0. The molecule has 0 saturated heterocycles. The highest BCUT2D eigenvalue weighted by Crippen LogP contribution is 2.24. The van der Waals surface area contributed by atoms with Gasteiger partial charge in [-0.15, -0.1) is 0 Å². The molecule has 6 nitrogen and oxygen atoms in total. The Kier molecular flexibility index (Phi) is 4.41. The number of nitrogens with zero attached hydrogens (tertiary/aromatic N) is 1. The third-order valence-electron chi connectivity index (χ3n) is 5.13. The number of aromatic hydroxyl groups is 1. The van der Waals surface area contributed by atoms with Crippen LogP contribution in [0.3, 0.4) is 0 Å². The zero-order valence-electron chi connectivity index (χ0n) is 14.8. The van der Waals surface area contributed by atoms with Crippen LogP contribution in [0.2, 0.25) is 0 Å². The Hall–Kier alpha value is -3.12. The third kappa shape index (κ3) is 3.31. The number of nitrogens with two attached hydrogens (primary N) is 1. The van der Waals surface area contributed by atoms with Crippen LogP contribution in [0.5, 0.6) is 5.75 Å². The Morgan fingerprint density at radius 1 is 1.15 bits per heavy atom. The van der Waals surface area contributed by atoms with Gasteiger partial charge in [0.05, 0.1) is 12.6 Å². The quantitative estimate of drug-likeness (QED) is 0.659. The molecule has 6 heteroatoms. The number of carbonyl (C=O) groups excluding carboxylic acids is 1. The van der Waals surface area contributed by atoms with E-state index >= 15 is 0 Å². The topological polar surface area (TPSA) is 99.4 Å². The largest absolute Gasteiger partial charge is 0.508 e. The molecule has 0 unspecified atom stereocenters. The molecule has 1 aliphatic heterocycles. The number of amides is 1. The molecule has 4 N–H and O–H groups in total.